The van der Waals surface area contributed by atoms with E-state index in [0.29, 0.717) is 6.61 Å². The smallest absolute Gasteiger partial charge is 0.331 e. The van der Waals surface area contributed by atoms with Crippen molar-refractivity contribution in [3.63, 3.8) is 0 Å². The van der Waals surface area contributed by atoms with Crippen molar-refractivity contribution in [2.75, 3.05) is 13.2 Å². The van der Waals surface area contributed by atoms with Gasteiger partial charge in [0.2, 0.25) is 0 Å². The molecule has 0 N–H and O–H groups in total. The van der Waals surface area contributed by atoms with Crippen LogP contribution in [0.5, 0.6) is 5.75 Å². The van der Waals surface area contributed by atoms with Gasteiger partial charge in [0.15, 0.2) is 0 Å². The van der Waals surface area contributed by atoms with Crippen molar-refractivity contribution in [3.05, 3.63) is 78.6 Å². The molecule has 25 heavy (non-hydrogen) atoms. The third kappa shape index (κ3) is 4.67. The Hall–Kier alpha value is -3.14. The van der Waals surface area contributed by atoms with Crippen LogP contribution < -0.4 is 4.74 Å². The normalized spacial score (nSPS) is 11.3. The van der Waals surface area contributed by atoms with E-state index in [2.05, 4.69) is 11.1 Å². The van der Waals surface area contributed by atoms with Crippen LogP contribution in [0, 0.1) is 0 Å². The first kappa shape index (κ1) is 16.7. The number of aromatic nitrogens is 1. The molecule has 0 amide bonds. The Labute approximate surface area is 146 Å². The molecule has 0 aliphatic carbocycles. The average molecular weight is 333 g/mol. The maximum absolute atomic E-state index is 11.8. The SMILES string of the molecule is C/C(=C\C(=O)OCCOc1ccc2ccccc2c1)c1cccnc1. The van der Waals surface area contributed by atoms with Crippen LogP contribution in [0.1, 0.15) is 12.5 Å². The number of benzene rings is 2. The molecule has 0 unspecified atom stereocenters. The van der Waals surface area contributed by atoms with Crippen LogP contribution in [-0.4, -0.2) is 24.2 Å². The number of hydrogen-bond donors (Lipinski definition) is 0. The Bertz CT molecular complexity index is 888. The number of allylic oxidation sites excluding steroid dienone is 1. The lowest BCUT2D eigenvalue weighted by Crippen LogP contribution is -2.10. The zero-order valence-corrected chi connectivity index (χ0v) is 14.0. The van der Waals surface area contributed by atoms with Gasteiger partial charge in [-0.25, -0.2) is 4.79 Å². The van der Waals surface area contributed by atoms with E-state index in [4.69, 9.17) is 9.47 Å². The molecule has 0 fully saturated rings. The van der Waals surface area contributed by atoms with Gasteiger partial charge in [-0.2, -0.15) is 0 Å². The summed E-state index contributed by atoms with van der Waals surface area (Å²) in [6.45, 7) is 2.36. The predicted molar refractivity (Wildman–Crippen MR) is 98.3 cm³/mol. The highest BCUT2D eigenvalue weighted by atomic mass is 16.6. The van der Waals surface area contributed by atoms with E-state index in [9.17, 15) is 4.79 Å². The fourth-order valence-electron chi connectivity index (χ4n) is 2.46. The summed E-state index contributed by atoms with van der Waals surface area (Å²) in [6.07, 6.45) is 4.87. The van der Waals surface area contributed by atoms with Gasteiger partial charge in [-0.1, -0.05) is 36.4 Å². The lowest BCUT2D eigenvalue weighted by molar-refractivity contribution is -0.138. The fourth-order valence-corrected chi connectivity index (χ4v) is 2.46. The third-order valence-electron chi connectivity index (χ3n) is 3.77. The van der Waals surface area contributed by atoms with Crippen molar-refractivity contribution in [2.45, 2.75) is 6.92 Å². The topological polar surface area (TPSA) is 48.4 Å². The number of hydrogen-bond acceptors (Lipinski definition) is 4. The molecule has 3 rings (SSSR count). The second kappa shape index (κ2) is 8.11. The summed E-state index contributed by atoms with van der Waals surface area (Å²) in [5.74, 6) is 0.375. The van der Waals surface area contributed by atoms with Crippen molar-refractivity contribution in [1.82, 2.24) is 4.98 Å². The molecule has 0 spiro atoms. The molecule has 4 nitrogen and oxygen atoms in total. The van der Waals surface area contributed by atoms with Crippen LogP contribution in [0.2, 0.25) is 0 Å². The van der Waals surface area contributed by atoms with Crippen molar-refractivity contribution in [1.29, 1.82) is 0 Å². The Morgan fingerprint density at radius 1 is 1.04 bits per heavy atom. The molecule has 0 aliphatic heterocycles. The minimum absolute atomic E-state index is 0.197. The first-order valence-corrected chi connectivity index (χ1v) is 8.09. The molecule has 0 aliphatic rings. The van der Waals surface area contributed by atoms with Crippen LogP contribution in [0.4, 0.5) is 0 Å². The summed E-state index contributed by atoms with van der Waals surface area (Å²) in [5.41, 5.74) is 1.71. The monoisotopic (exact) mass is 333 g/mol. The molecule has 0 saturated carbocycles. The highest BCUT2D eigenvalue weighted by Gasteiger charge is 2.03. The number of pyridine rings is 1. The minimum atomic E-state index is -0.386. The van der Waals surface area contributed by atoms with Crippen LogP contribution in [0.15, 0.2) is 73.1 Å². The number of carbonyl (C=O) groups excluding carboxylic acids is 1. The van der Waals surface area contributed by atoms with E-state index in [0.717, 1.165) is 27.7 Å². The molecule has 0 bridgehead atoms. The Kier molecular flexibility index (Phi) is 5.42. The second-order valence-electron chi connectivity index (χ2n) is 5.59. The van der Waals surface area contributed by atoms with Crippen molar-refractivity contribution in [2.24, 2.45) is 0 Å². The molecule has 1 aromatic heterocycles. The van der Waals surface area contributed by atoms with E-state index >= 15 is 0 Å². The molecule has 3 aromatic rings. The average Bonchev–Trinajstić information content (AvgIpc) is 2.66. The summed E-state index contributed by atoms with van der Waals surface area (Å²) in [4.78, 5) is 15.9. The number of fused-ring (bicyclic) bond motifs is 1. The van der Waals surface area contributed by atoms with Crippen LogP contribution >= 0.6 is 0 Å². The third-order valence-corrected chi connectivity index (χ3v) is 3.77. The van der Waals surface area contributed by atoms with Crippen LogP contribution in [-0.2, 0) is 9.53 Å². The summed E-state index contributed by atoms with van der Waals surface area (Å²) >= 11 is 0. The molecular weight excluding hydrogens is 314 g/mol. The molecule has 126 valence electrons. The van der Waals surface area contributed by atoms with Crippen molar-refractivity contribution >= 4 is 22.3 Å². The number of ether oxygens (including phenoxy) is 2. The Balaban J connectivity index is 1.48. The van der Waals surface area contributed by atoms with Gasteiger partial charge in [-0.15, -0.1) is 0 Å². The summed E-state index contributed by atoms with van der Waals surface area (Å²) in [7, 11) is 0. The molecular formula is C21H19NO3. The number of nitrogens with zero attached hydrogens (tertiary/aromatic N) is 1. The van der Waals surface area contributed by atoms with Gasteiger partial charge in [-0.3, -0.25) is 4.98 Å². The second-order valence-corrected chi connectivity index (χ2v) is 5.59. The van der Waals surface area contributed by atoms with Gasteiger partial charge in [0, 0.05) is 18.5 Å². The largest absolute Gasteiger partial charge is 0.490 e. The number of carbonyl (C=O) groups is 1. The number of esters is 1. The lowest BCUT2D eigenvalue weighted by atomic mass is 10.1. The van der Waals surface area contributed by atoms with Gasteiger partial charge in [-0.05, 0) is 47.0 Å². The zero-order valence-electron chi connectivity index (χ0n) is 14.0. The summed E-state index contributed by atoms with van der Waals surface area (Å²) in [5, 5.41) is 2.28. The maximum Gasteiger partial charge on any atom is 0.331 e. The van der Waals surface area contributed by atoms with E-state index in [-0.39, 0.29) is 12.6 Å². The molecule has 1 heterocycles. The Morgan fingerprint density at radius 3 is 2.68 bits per heavy atom. The van der Waals surface area contributed by atoms with Crippen LogP contribution in [0.25, 0.3) is 16.3 Å². The molecule has 0 radical (unpaired) electrons. The van der Waals surface area contributed by atoms with Crippen molar-refractivity contribution < 1.29 is 14.3 Å². The zero-order chi connectivity index (χ0) is 17.5. The number of rotatable bonds is 6. The van der Waals surface area contributed by atoms with Gasteiger partial charge >= 0.3 is 5.97 Å². The standard InChI is InChI=1S/C21H19NO3/c1-16(19-7-4-10-22-15-19)13-21(23)25-12-11-24-20-9-8-17-5-2-3-6-18(17)14-20/h2-10,13-15H,11-12H2,1H3/b16-13+. The summed E-state index contributed by atoms with van der Waals surface area (Å²) in [6, 6.07) is 17.7. The van der Waals surface area contributed by atoms with Gasteiger partial charge in [0.1, 0.15) is 19.0 Å². The highest BCUT2D eigenvalue weighted by Crippen LogP contribution is 2.20. The molecule has 0 atom stereocenters. The highest BCUT2D eigenvalue weighted by molar-refractivity contribution is 5.90. The van der Waals surface area contributed by atoms with E-state index in [1.54, 1.807) is 12.4 Å². The first-order valence-electron chi connectivity index (χ1n) is 8.09. The predicted octanol–water partition coefficient (Wildman–Crippen LogP) is 4.26. The Morgan fingerprint density at radius 2 is 1.88 bits per heavy atom. The molecule has 4 heteroatoms. The summed E-state index contributed by atoms with van der Waals surface area (Å²) < 4.78 is 10.8. The van der Waals surface area contributed by atoms with Crippen LogP contribution in [0.3, 0.4) is 0 Å². The fraction of sp³-hybridized carbons (Fsp3) is 0.143. The minimum Gasteiger partial charge on any atom is -0.490 e. The van der Waals surface area contributed by atoms with E-state index < -0.39 is 0 Å². The van der Waals surface area contributed by atoms with Gasteiger partial charge < -0.3 is 9.47 Å². The molecule has 2 aromatic carbocycles. The molecule has 0 saturated heterocycles. The van der Waals surface area contributed by atoms with Gasteiger partial charge in [0.25, 0.3) is 0 Å². The lowest BCUT2D eigenvalue weighted by Gasteiger charge is -2.08. The van der Waals surface area contributed by atoms with E-state index in [1.807, 2.05) is 55.5 Å². The van der Waals surface area contributed by atoms with Gasteiger partial charge in [0.05, 0.1) is 0 Å². The van der Waals surface area contributed by atoms with E-state index in [1.165, 1.54) is 6.08 Å². The first-order chi connectivity index (χ1) is 12.2. The maximum atomic E-state index is 11.8. The quantitative estimate of drug-likeness (QED) is 0.384. The van der Waals surface area contributed by atoms with Crippen molar-refractivity contribution in [3.8, 4) is 5.75 Å².